The summed E-state index contributed by atoms with van der Waals surface area (Å²) in [5.74, 6) is 1.02. The SMILES string of the molecule is O=c1onc(Cc2ccccc2)n1CC1CCCCC1. The van der Waals surface area contributed by atoms with Gasteiger partial charge in [0.2, 0.25) is 0 Å². The van der Waals surface area contributed by atoms with Crippen molar-refractivity contribution in [2.75, 3.05) is 0 Å². The molecule has 3 rings (SSSR count). The van der Waals surface area contributed by atoms with Crippen molar-refractivity contribution < 1.29 is 4.52 Å². The van der Waals surface area contributed by atoms with Crippen molar-refractivity contribution in [1.29, 1.82) is 0 Å². The van der Waals surface area contributed by atoms with Crippen molar-refractivity contribution in [3.05, 3.63) is 52.3 Å². The first kappa shape index (κ1) is 13.2. The fourth-order valence-electron chi connectivity index (χ4n) is 3.01. The van der Waals surface area contributed by atoms with Crippen LogP contribution in [0.4, 0.5) is 0 Å². The molecule has 1 heterocycles. The summed E-state index contributed by atoms with van der Waals surface area (Å²) in [4.78, 5) is 11.8. The Morgan fingerprint density at radius 2 is 1.90 bits per heavy atom. The zero-order valence-corrected chi connectivity index (χ0v) is 11.6. The first-order chi connectivity index (χ1) is 9.83. The molecule has 0 radical (unpaired) electrons. The molecule has 1 aromatic heterocycles. The minimum Gasteiger partial charge on any atom is -0.296 e. The second kappa shape index (κ2) is 6.07. The average Bonchev–Trinajstić information content (AvgIpc) is 2.83. The van der Waals surface area contributed by atoms with Gasteiger partial charge in [0.1, 0.15) is 0 Å². The van der Waals surface area contributed by atoms with Crippen molar-refractivity contribution in [3.8, 4) is 0 Å². The molecular formula is C16H20N2O2. The lowest BCUT2D eigenvalue weighted by Gasteiger charge is -2.21. The Balaban J connectivity index is 1.76. The van der Waals surface area contributed by atoms with Gasteiger partial charge in [-0.1, -0.05) is 54.8 Å². The third kappa shape index (κ3) is 3.00. The summed E-state index contributed by atoms with van der Waals surface area (Å²) in [5, 5.41) is 3.95. The van der Waals surface area contributed by atoms with Crippen LogP contribution in [0.25, 0.3) is 0 Å². The monoisotopic (exact) mass is 272 g/mol. The van der Waals surface area contributed by atoms with Crippen LogP contribution in [0.3, 0.4) is 0 Å². The van der Waals surface area contributed by atoms with E-state index in [2.05, 4.69) is 5.16 Å². The standard InChI is InChI=1S/C16H20N2O2/c19-16-18(12-14-9-5-2-6-10-14)15(17-20-16)11-13-7-3-1-4-8-13/h1,3-4,7-8,14H,2,5-6,9-12H2. The van der Waals surface area contributed by atoms with Crippen LogP contribution in [0.5, 0.6) is 0 Å². The molecule has 1 aromatic carbocycles. The molecule has 4 nitrogen and oxygen atoms in total. The second-order valence-corrected chi connectivity index (χ2v) is 5.64. The molecule has 1 aliphatic rings. The summed E-state index contributed by atoms with van der Waals surface area (Å²) in [6, 6.07) is 10.1. The van der Waals surface area contributed by atoms with Crippen LogP contribution in [0, 0.1) is 5.92 Å². The van der Waals surface area contributed by atoms with Crippen molar-refractivity contribution in [2.24, 2.45) is 5.92 Å². The molecule has 0 amide bonds. The molecule has 20 heavy (non-hydrogen) atoms. The van der Waals surface area contributed by atoms with Crippen LogP contribution in [0.15, 0.2) is 39.6 Å². The summed E-state index contributed by atoms with van der Waals surface area (Å²) < 4.78 is 6.59. The summed E-state index contributed by atoms with van der Waals surface area (Å²) >= 11 is 0. The van der Waals surface area contributed by atoms with Crippen LogP contribution >= 0.6 is 0 Å². The van der Waals surface area contributed by atoms with E-state index in [9.17, 15) is 4.79 Å². The Kier molecular flexibility index (Phi) is 4.00. The Labute approximate surface area is 118 Å². The van der Waals surface area contributed by atoms with E-state index < -0.39 is 0 Å². The Morgan fingerprint density at radius 3 is 2.65 bits per heavy atom. The van der Waals surface area contributed by atoms with E-state index in [-0.39, 0.29) is 5.76 Å². The number of hydrogen-bond acceptors (Lipinski definition) is 3. The minimum absolute atomic E-state index is 0.318. The first-order valence-corrected chi connectivity index (χ1v) is 7.42. The van der Waals surface area contributed by atoms with Gasteiger partial charge in [-0.05, 0) is 24.3 Å². The Bertz CT molecular complexity index is 594. The van der Waals surface area contributed by atoms with Gasteiger partial charge in [-0.15, -0.1) is 0 Å². The van der Waals surface area contributed by atoms with E-state index in [1.807, 2.05) is 30.3 Å². The van der Waals surface area contributed by atoms with Gasteiger partial charge < -0.3 is 0 Å². The van der Waals surface area contributed by atoms with Crippen molar-refractivity contribution in [1.82, 2.24) is 9.72 Å². The number of rotatable bonds is 4. The minimum atomic E-state index is -0.318. The van der Waals surface area contributed by atoms with Crippen molar-refractivity contribution in [2.45, 2.75) is 45.1 Å². The van der Waals surface area contributed by atoms with Gasteiger partial charge in [-0.2, -0.15) is 0 Å². The number of nitrogens with zero attached hydrogens (tertiary/aromatic N) is 2. The zero-order valence-electron chi connectivity index (χ0n) is 11.6. The van der Waals surface area contributed by atoms with Crippen LogP contribution in [-0.2, 0) is 13.0 Å². The molecule has 0 saturated heterocycles. The van der Waals surface area contributed by atoms with Crippen LogP contribution < -0.4 is 5.76 Å². The van der Waals surface area contributed by atoms with Gasteiger partial charge in [0, 0.05) is 13.0 Å². The number of benzene rings is 1. The molecule has 1 aliphatic carbocycles. The molecule has 1 saturated carbocycles. The van der Waals surface area contributed by atoms with Gasteiger partial charge >= 0.3 is 5.76 Å². The average molecular weight is 272 g/mol. The van der Waals surface area contributed by atoms with Gasteiger partial charge in [0.25, 0.3) is 0 Å². The lowest BCUT2D eigenvalue weighted by atomic mass is 9.89. The number of hydrogen-bond donors (Lipinski definition) is 0. The quantitative estimate of drug-likeness (QED) is 0.859. The molecule has 0 N–H and O–H groups in total. The van der Waals surface area contributed by atoms with Crippen LogP contribution in [0.2, 0.25) is 0 Å². The molecule has 2 aromatic rings. The summed E-state index contributed by atoms with van der Waals surface area (Å²) in [6.07, 6.45) is 6.95. The molecule has 0 atom stereocenters. The highest BCUT2D eigenvalue weighted by molar-refractivity contribution is 5.18. The third-order valence-corrected chi connectivity index (χ3v) is 4.13. The molecular weight excluding hydrogens is 252 g/mol. The molecule has 0 unspecified atom stereocenters. The predicted octanol–water partition coefficient (Wildman–Crippen LogP) is 3.01. The molecule has 1 fully saturated rings. The second-order valence-electron chi connectivity index (χ2n) is 5.64. The normalized spacial score (nSPS) is 16.4. The molecule has 0 aliphatic heterocycles. The summed E-state index contributed by atoms with van der Waals surface area (Å²) in [5.41, 5.74) is 1.15. The largest absolute Gasteiger partial charge is 0.441 e. The highest BCUT2D eigenvalue weighted by Gasteiger charge is 2.18. The van der Waals surface area contributed by atoms with Gasteiger partial charge in [0.15, 0.2) is 5.82 Å². The topological polar surface area (TPSA) is 48.0 Å². The predicted molar refractivity (Wildman–Crippen MR) is 76.6 cm³/mol. The lowest BCUT2D eigenvalue weighted by Crippen LogP contribution is -2.23. The lowest BCUT2D eigenvalue weighted by molar-refractivity contribution is 0.303. The van der Waals surface area contributed by atoms with Crippen molar-refractivity contribution in [3.63, 3.8) is 0 Å². The maximum atomic E-state index is 11.8. The highest BCUT2D eigenvalue weighted by atomic mass is 16.5. The molecule has 0 bridgehead atoms. The van der Waals surface area contributed by atoms with E-state index in [0.29, 0.717) is 12.3 Å². The van der Waals surface area contributed by atoms with E-state index in [1.165, 1.54) is 32.1 Å². The molecule has 0 spiro atoms. The maximum absolute atomic E-state index is 11.8. The molecule has 4 heteroatoms. The first-order valence-electron chi connectivity index (χ1n) is 7.42. The molecule has 106 valence electrons. The van der Waals surface area contributed by atoms with E-state index in [1.54, 1.807) is 4.57 Å². The van der Waals surface area contributed by atoms with E-state index in [0.717, 1.165) is 17.9 Å². The fraction of sp³-hybridized carbons (Fsp3) is 0.500. The smallest absolute Gasteiger partial charge is 0.296 e. The summed E-state index contributed by atoms with van der Waals surface area (Å²) in [6.45, 7) is 0.754. The van der Waals surface area contributed by atoms with Crippen LogP contribution in [-0.4, -0.2) is 9.72 Å². The van der Waals surface area contributed by atoms with Gasteiger partial charge in [-0.3, -0.25) is 9.09 Å². The number of aromatic nitrogens is 2. The van der Waals surface area contributed by atoms with Crippen molar-refractivity contribution >= 4 is 0 Å². The van der Waals surface area contributed by atoms with E-state index >= 15 is 0 Å². The third-order valence-electron chi connectivity index (χ3n) is 4.13. The highest BCUT2D eigenvalue weighted by Crippen LogP contribution is 2.25. The zero-order chi connectivity index (χ0) is 13.8. The van der Waals surface area contributed by atoms with E-state index in [4.69, 9.17) is 4.52 Å². The maximum Gasteiger partial charge on any atom is 0.441 e. The fourth-order valence-corrected chi connectivity index (χ4v) is 3.01. The Hall–Kier alpha value is -1.84. The Morgan fingerprint density at radius 1 is 1.15 bits per heavy atom. The van der Waals surface area contributed by atoms with Gasteiger partial charge in [0.05, 0.1) is 0 Å². The van der Waals surface area contributed by atoms with Crippen LogP contribution in [0.1, 0.15) is 43.5 Å². The van der Waals surface area contributed by atoms with Gasteiger partial charge in [-0.25, -0.2) is 4.79 Å². The summed E-state index contributed by atoms with van der Waals surface area (Å²) in [7, 11) is 0.